The van der Waals surface area contributed by atoms with Crippen LogP contribution in [-0.4, -0.2) is 43.3 Å². The zero-order valence-electron chi connectivity index (χ0n) is 18.7. The number of aryl methyl sites for hydroxylation is 2. The van der Waals surface area contributed by atoms with Gasteiger partial charge in [-0.25, -0.2) is 28.8 Å². The molecule has 168 valence electrons. The monoisotopic (exact) mass is 451 g/mol. The van der Waals surface area contributed by atoms with E-state index in [0.717, 1.165) is 0 Å². The number of aromatic nitrogens is 2. The number of rotatable bonds is 4. The maximum absolute atomic E-state index is 13.7. The highest BCUT2D eigenvalue weighted by Crippen LogP contribution is 2.30. The van der Waals surface area contributed by atoms with E-state index < -0.39 is 23.3 Å². The number of imide groups is 1. The smallest absolute Gasteiger partial charge is 0.420 e. The Hall–Kier alpha value is -2.74. The maximum Gasteiger partial charge on any atom is 0.420 e. The number of carbonyl (C=O) groups is 2. The van der Waals surface area contributed by atoms with Gasteiger partial charge in [-0.15, -0.1) is 0 Å². The van der Waals surface area contributed by atoms with Crippen LogP contribution in [0, 0.1) is 19.7 Å². The zero-order valence-corrected chi connectivity index (χ0v) is 19.5. The van der Waals surface area contributed by atoms with Gasteiger partial charge in [0.15, 0.2) is 0 Å². The summed E-state index contributed by atoms with van der Waals surface area (Å²) in [7, 11) is 0. The summed E-state index contributed by atoms with van der Waals surface area (Å²) in [5, 5.41) is 9.81. The lowest BCUT2D eigenvalue weighted by Crippen LogP contribution is -2.53. The first kappa shape index (κ1) is 24.5. The molecule has 0 saturated carbocycles. The van der Waals surface area contributed by atoms with Gasteiger partial charge in [-0.3, -0.25) is 0 Å². The molecule has 9 heteroatoms. The second-order valence-corrected chi connectivity index (χ2v) is 9.38. The number of benzene rings is 1. The molecule has 0 unspecified atom stereocenters. The summed E-state index contributed by atoms with van der Waals surface area (Å²) in [6.07, 6.45) is -2.45. The molecule has 1 N–H and O–H groups in total. The van der Waals surface area contributed by atoms with Gasteiger partial charge in [0.05, 0.1) is 11.2 Å². The van der Waals surface area contributed by atoms with Crippen LogP contribution >= 0.6 is 11.6 Å². The molecule has 0 fully saturated rings. The van der Waals surface area contributed by atoms with E-state index in [2.05, 4.69) is 9.97 Å². The molecule has 0 bridgehead atoms. The average Bonchev–Trinajstić information content (AvgIpc) is 2.49. The third-order valence-electron chi connectivity index (χ3n) is 4.46. The molecular weight excluding hydrogens is 425 g/mol. The van der Waals surface area contributed by atoms with Gasteiger partial charge in [0.1, 0.15) is 22.4 Å². The van der Waals surface area contributed by atoms with Crippen LogP contribution in [0.1, 0.15) is 51.6 Å². The minimum atomic E-state index is -1.45. The SMILES string of the molecule is Cc1cc(F)cc(C)c1-c1cc(Cl)nc(CC(C)(C)N(C(=O)O)C(=O)OC(C)(C)C)n1. The highest BCUT2D eigenvalue weighted by Gasteiger charge is 2.40. The minimum Gasteiger partial charge on any atom is -0.465 e. The summed E-state index contributed by atoms with van der Waals surface area (Å²) in [6.45, 7) is 11.6. The van der Waals surface area contributed by atoms with E-state index in [4.69, 9.17) is 16.3 Å². The fourth-order valence-corrected chi connectivity index (χ4v) is 3.55. The van der Waals surface area contributed by atoms with Gasteiger partial charge in [0.25, 0.3) is 0 Å². The van der Waals surface area contributed by atoms with E-state index in [0.29, 0.717) is 27.3 Å². The first-order valence-corrected chi connectivity index (χ1v) is 10.1. The highest BCUT2D eigenvalue weighted by atomic mass is 35.5. The number of hydrogen-bond donors (Lipinski definition) is 1. The minimum absolute atomic E-state index is 0.00854. The Morgan fingerprint density at radius 2 is 1.65 bits per heavy atom. The number of carboxylic acid groups (broad SMARTS) is 1. The van der Waals surface area contributed by atoms with Crippen molar-refractivity contribution in [2.45, 2.75) is 66.0 Å². The molecule has 0 radical (unpaired) electrons. The molecule has 0 spiro atoms. The molecular formula is C22H27ClFN3O4. The Labute approximate surface area is 186 Å². The van der Waals surface area contributed by atoms with Crippen molar-refractivity contribution in [1.29, 1.82) is 0 Å². The lowest BCUT2D eigenvalue weighted by atomic mass is 9.97. The normalized spacial score (nSPS) is 11.9. The van der Waals surface area contributed by atoms with Gasteiger partial charge in [0, 0.05) is 18.1 Å². The molecule has 31 heavy (non-hydrogen) atoms. The maximum atomic E-state index is 13.7. The summed E-state index contributed by atoms with van der Waals surface area (Å²) >= 11 is 6.21. The van der Waals surface area contributed by atoms with E-state index in [1.54, 1.807) is 54.5 Å². The van der Waals surface area contributed by atoms with Gasteiger partial charge >= 0.3 is 12.2 Å². The van der Waals surface area contributed by atoms with Gasteiger partial charge in [-0.2, -0.15) is 0 Å². The molecule has 0 atom stereocenters. The van der Waals surface area contributed by atoms with Gasteiger partial charge in [0.2, 0.25) is 0 Å². The molecule has 1 aromatic heterocycles. The number of nitrogens with zero attached hydrogens (tertiary/aromatic N) is 3. The largest absolute Gasteiger partial charge is 0.465 e. The fourth-order valence-electron chi connectivity index (χ4n) is 3.34. The van der Waals surface area contributed by atoms with Crippen molar-refractivity contribution in [3.05, 3.63) is 46.1 Å². The van der Waals surface area contributed by atoms with E-state index >= 15 is 0 Å². The van der Waals surface area contributed by atoms with Crippen molar-refractivity contribution >= 4 is 23.8 Å². The Balaban J connectivity index is 2.45. The standard InChI is InChI=1S/C22H27ClFN3O4/c1-12-8-14(24)9-13(2)18(12)15-10-16(23)26-17(25-15)11-22(6,7)27(19(28)29)20(30)31-21(3,4)5/h8-10H,11H2,1-7H3,(H,28,29). The first-order valence-electron chi connectivity index (χ1n) is 9.67. The van der Waals surface area contributed by atoms with Crippen LogP contribution in [0.2, 0.25) is 5.15 Å². The number of ether oxygens (including phenoxy) is 1. The lowest BCUT2D eigenvalue weighted by Gasteiger charge is -2.35. The predicted octanol–water partition coefficient (Wildman–Crippen LogP) is 5.79. The van der Waals surface area contributed by atoms with Crippen LogP contribution < -0.4 is 0 Å². The number of carbonyl (C=O) groups excluding carboxylic acids is 1. The zero-order chi connectivity index (χ0) is 23.7. The van der Waals surface area contributed by atoms with Crippen LogP contribution in [0.5, 0.6) is 0 Å². The quantitative estimate of drug-likeness (QED) is 0.591. The average molecular weight is 452 g/mol. The molecule has 2 amide bonds. The Morgan fingerprint density at radius 1 is 1.10 bits per heavy atom. The van der Waals surface area contributed by atoms with Crippen molar-refractivity contribution < 1.29 is 23.8 Å². The molecule has 7 nitrogen and oxygen atoms in total. The van der Waals surface area contributed by atoms with Crippen molar-refractivity contribution in [3.8, 4) is 11.3 Å². The van der Waals surface area contributed by atoms with Crippen LogP contribution in [0.15, 0.2) is 18.2 Å². The molecule has 2 aromatic rings. The van der Waals surface area contributed by atoms with Crippen LogP contribution in [-0.2, 0) is 11.2 Å². The number of halogens is 2. The summed E-state index contributed by atoms with van der Waals surface area (Å²) < 4.78 is 18.9. The highest BCUT2D eigenvalue weighted by molar-refractivity contribution is 6.29. The van der Waals surface area contributed by atoms with E-state index in [1.165, 1.54) is 12.1 Å². The molecule has 0 aliphatic heterocycles. The Bertz CT molecular complexity index is 995. The number of hydrogen-bond acceptors (Lipinski definition) is 5. The summed E-state index contributed by atoms with van der Waals surface area (Å²) in [5.74, 6) is -0.111. The van der Waals surface area contributed by atoms with Crippen LogP contribution in [0.4, 0.5) is 14.0 Å². The van der Waals surface area contributed by atoms with E-state index in [1.807, 2.05) is 0 Å². The number of amides is 2. The summed E-state index contributed by atoms with van der Waals surface area (Å²) in [5.41, 5.74) is 0.463. The molecule has 0 aliphatic carbocycles. The first-order chi connectivity index (χ1) is 14.1. The predicted molar refractivity (Wildman–Crippen MR) is 116 cm³/mol. The summed E-state index contributed by atoms with van der Waals surface area (Å²) in [6, 6.07) is 4.36. The molecule has 0 saturated heterocycles. The van der Waals surface area contributed by atoms with Crippen LogP contribution in [0.3, 0.4) is 0 Å². The van der Waals surface area contributed by atoms with Crippen molar-refractivity contribution in [3.63, 3.8) is 0 Å². The van der Waals surface area contributed by atoms with Gasteiger partial charge < -0.3 is 9.84 Å². The topological polar surface area (TPSA) is 92.6 Å². The van der Waals surface area contributed by atoms with Crippen molar-refractivity contribution in [2.75, 3.05) is 0 Å². The van der Waals surface area contributed by atoms with Gasteiger partial charge in [-0.1, -0.05) is 11.6 Å². The molecule has 0 aliphatic rings. The van der Waals surface area contributed by atoms with E-state index in [-0.39, 0.29) is 23.2 Å². The van der Waals surface area contributed by atoms with Crippen LogP contribution in [0.25, 0.3) is 11.3 Å². The van der Waals surface area contributed by atoms with Crippen molar-refractivity contribution in [1.82, 2.24) is 14.9 Å². The third kappa shape index (κ3) is 6.13. The second kappa shape index (κ2) is 8.78. The summed E-state index contributed by atoms with van der Waals surface area (Å²) in [4.78, 5) is 33.8. The van der Waals surface area contributed by atoms with Crippen molar-refractivity contribution in [2.24, 2.45) is 0 Å². The van der Waals surface area contributed by atoms with E-state index in [9.17, 15) is 19.1 Å². The molecule has 2 rings (SSSR count). The third-order valence-corrected chi connectivity index (χ3v) is 4.65. The van der Waals surface area contributed by atoms with Gasteiger partial charge in [-0.05, 0) is 71.7 Å². The lowest BCUT2D eigenvalue weighted by molar-refractivity contribution is 0.00772. The molecule has 1 aromatic carbocycles. The Morgan fingerprint density at radius 3 is 2.13 bits per heavy atom. The molecule has 1 heterocycles. The second-order valence-electron chi connectivity index (χ2n) is 8.99. The fraction of sp³-hybridized carbons (Fsp3) is 0.455. The Kier molecular flexibility index (Phi) is 6.95.